The Morgan fingerprint density at radius 3 is 2.52 bits per heavy atom. The molecule has 6 heteroatoms. The molecule has 0 saturated carbocycles. The van der Waals surface area contributed by atoms with Gasteiger partial charge in [-0.3, -0.25) is 9.69 Å². The SMILES string of the molecule is CCCCN(CC)Cc1cc(=O)c(O)cn1C(CCC)C(=O)O. The van der Waals surface area contributed by atoms with Crippen molar-refractivity contribution in [3.8, 4) is 5.75 Å². The Hall–Kier alpha value is -1.82. The number of hydrogen-bond donors (Lipinski definition) is 2. The van der Waals surface area contributed by atoms with Crippen LogP contribution in [0.15, 0.2) is 17.1 Å². The average molecular weight is 324 g/mol. The maximum absolute atomic E-state index is 11.8. The predicted octanol–water partition coefficient (Wildman–Crippen LogP) is 2.60. The van der Waals surface area contributed by atoms with Crippen molar-refractivity contribution in [3.05, 3.63) is 28.2 Å². The molecular weight excluding hydrogens is 296 g/mol. The third-order valence-corrected chi connectivity index (χ3v) is 3.99. The second-order valence-corrected chi connectivity index (χ2v) is 5.79. The van der Waals surface area contributed by atoms with Crippen molar-refractivity contribution in [1.82, 2.24) is 9.47 Å². The molecule has 1 heterocycles. The first-order chi connectivity index (χ1) is 10.9. The van der Waals surface area contributed by atoms with Gasteiger partial charge in [-0.05, 0) is 25.9 Å². The summed E-state index contributed by atoms with van der Waals surface area (Å²) >= 11 is 0. The van der Waals surface area contributed by atoms with Crippen molar-refractivity contribution in [2.24, 2.45) is 0 Å². The Bertz CT molecular complexity index is 568. The average Bonchev–Trinajstić information content (AvgIpc) is 2.52. The summed E-state index contributed by atoms with van der Waals surface area (Å²) in [6, 6.07) is 0.585. The molecule has 0 aliphatic heterocycles. The summed E-state index contributed by atoms with van der Waals surface area (Å²) in [6.45, 7) is 8.29. The number of aliphatic carboxylic acids is 1. The quantitative estimate of drug-likeness (QED) is 0.691. The van der Waals surface area contributed by atoms with Crippen LogP contribution in [-0.2, 0) is 11.3 Å². The normalized spacial score (nSPS) is 12.5. The summed E-state index contributed by atoms with van der Waals surface area (Å²) in [5.74, 6) is -1.36. The van der Waals surface area contributed by atoms with Gasteiger partial charge < -0.3 is 14.8 Å². The molecule has 2 N–H and O–H groups in total. The van der Waals surface area contributed by atoms with Gasteiger partial charge in [-0.1, -0.05) is 33.6 Å². The van der Waals surface area contributed by atoms with Gasteiger partial charge in [0.1, 0.15) is 6.04 Å². The van der Waals surface area contributed by atoms with Crippen molar-refractivity contribution in [1.29, 1.82) is 0 Å². The number of pyridine rings is 1. The van der Waals surface area contributed by atoms with Crippen LogP contribution in [-0.4, -0.2) is 38.7 Å². The van der Waals surface area contributed by atoms with E-state index < -0.39 is 23.2 Å². The molecule has 0 saturated heterocycles. The van der Waals surface area contributed by atoms with Crippen molar-refractivity contribution in [3.63, 3.8) is 0 Å². The summed E-state index contributed by atoms with van der Waals surface area (Å²) in [4.78, 5) is 25.5. The summed E-state index contributed by atoms with van der Waals surface area (Å²) < 4.78 is 1.54. The molecular formula is C17H28N2O4. The molecule has 23 heavy (non-hydrogen) atoms. The molecule has 1 unspecified atom stereocenters. The van der Waals surface area contributed by atoms with E-state index in [4.69, 9.17) is 0 Å². The molecule has 0 aliphatic rings. The standard InChI is InChI=1S/C17H28N2O4/c1-4-7-9-18(6-3)11-13-10-15(20)16(21)12-19(13)14(8-5-2)17(22)23/h10,12,14,21H,4-9,11H2,1-3H3,(H,22,23). The van der Waals surface area contributed by atoms with E-state index >= 15 is 0 Å². The second kappa shape index (κ2) is 9.35. The van der Waals surface area contributed by atoms with Crippen molar-refractivity contribution in [2.75, 3.05) is 13.1 Å². The maximum Gasteiger partial charge on any atom is 0.326 e. The maximum atomic E-state index is 11.8. The lowest BCUT2D eigenvalue weighted by Crippen LogP contribution is -2.30. The van der Waals surface area contributed by atoms with Gasteiger partial charge in [0.25, 0.3) is 0 Å². The Morgan fingerprint density at radius 1 is 1.30 bits per heavy atom. The lowest BCUT2D eigenvalue weighted by atomic mass is 10.1. The van der Waals surface area contributed by atoms with Crippen LogP contribution < -0.4 is 5.43 Å². The summed E-state index contributed by atoms with van der Waals surface area (Å²) in [5.41, 5.74) is 0.162. The van der Waals surface area contributed by atoms with E-state index in [2.05, 4.69) is 11.8 Å². The zero-order valence-electron chi connectivity index (χ0n) is 14.3. The molecule has 0 aromatic carbocycles. The fourth-order valence-corrected chi connectivity index (χ4v) is 2.61. The summed E-state index contributed by atoms with van der Waals surface area (Å²) in [6.07, 6.45) is 4.54. The minimum absolute atomic E-state index is 0.410. The van der Waals surface area contributed by atoms with Gasteiger partial charge in [0.2, 0.25) is 5.43 Å². The van der Waals surface area contributed by atoms with Crippen LogP contribution in [0.2, 0.25) is 0 Å². The highest BCUT2D eigenvalue weighted by atomic mass is 16.4. The van der Waals surface area contributed by atoms with E-state index in [0.29, 0.717) is 25.1 Å². The molecule has 0 fully saturated rings. The van der Waals surface area contributed by atoms with Gasteiger partial charge in [0.15, 0.2) is 5.75 Å². The number of unbranched alkanes of at least 4 members (excludes halogenated alkanes) is 1. The Morgan fingerprint density at radius 2 is 2.00 bits per heavy atom. The van der Waals surface area contributed by atoms with Gasteiger partial charge in [0.05, 0.1) is 6.20 Å². The van der Waals surface area contributed by atoms with E-state index in [0.717, 1.165) is 25.9 Å². The van der Waals surface area contributed by atoms with Crippen LogP contribution in [0.1, 0.15) is 58.2 Å². The van der Waals surface area contributed by atoms with Crippen LogP contribution in [0.4, 0.5) is 0 Å². The highest BCUT2D eigenvalue weighted by molar-refractivity contribution is 5.72. The minimum atomic E-state index is -0.951. The first-order valence-corrected chi connectivity index (χ1v) is 8.33. The van der Waals surface area contributed by atoms with E-state index in [1.54, 1.807) is 0 Å². The third-order valence-electron chi connectivity index (χ3n) is 3.99. The van der Waals surface area contributed by atoms with E-state index in [1.807, 2.05) is 13.8 Å². The molecule has 0 bridgehead atoms. The first kappa shape index (κ1) is 19.2. The van der Waals surface area contributed by atoms with Gasteiger partial charge in [-0.2, -0.15) is 0 Å². The van der Waals surface area contributed by atoms with Crippen molar-refractivity contribution < 1.29 is 15.0 Å². The topological polar surface area (TPSA) is 82.8 Å². The third kappa shape index (κ3) is 5.39. The molecule has 1 aromatic heterocycles. The van der Waals surface area contributed by atoms with Crippen LogP contribution in [0.5, 0.6) is 5.75 Å². The zero-order valence-corrected chi connectivity index (χ0v) is 14.3. The predicted molar refractivity (Wildman–Crippen MR) is 89.8 cm³/mol. The molecule has 0 aliphatic carbocycles. The fourth-order valence-electron chi connectivity index (χ4n) is 2.61. The molecule has 0 amide bonds. The fraction of sp³-hybridized carbons (Fsp3) is 0.647. The van der Waals surface area contributed by atoms with Gasteiger partial charge in [-0.15, -0.1) is 0 Å². The number of aromatic hydroxyl groups is 1. The largest absolute Gasteiger partial charge is 0.503 e. The van der Waals surface area contributed by atoms with E-state index in [1.165, 1.54) is 16.8 Å². The minimum Gasteiger partial charge on any atom is -0.503 e. The molecule has 1 aromatic rings. The first-order valence-electron chi connectivity index (χ1n) is 8.33. The van der Waals surface area contributed by atoms with Crippen LogP contribution in [0.3, 0.4) is 0 Å². The number of aromatic nitrogens is 1. The van der Waals surface area contributed by atoms with Crippen LogP contribution in [0, 0.1) is 0 Å². The molecule has 0 spiro atoms. The highest BCUT2D eigenvalue weighted by Crippen LogP contribution is 2.20. The molecule has 1 rings (SSSR count). The van der Waals surface area contributed by atoms with Gasteiger partial charge in [-0.25, -0.2) is 4.79 Å². The monoisotopic (exact) mass is 324 g/mol. The van der Waals surface area contributed by atoms with Crippen molar-refractivity contribution in [2.45, 2.75) is 59.0 Å². The molecule has 1 atom stereocenters. The number of rotatable bonds is 10. The van der Waals surface area contributed by atoms with Crippen LogP contribution in [0.25, 0.3) is 0 Å². The number of carboxylic acids is 1. The summed E-state index contributed by atoms with van der Waals surface area (Å²) in [5, 5.41) is 19.2. The zero-order chi connectivity index (χ0) is 17.4. The molecule has 130 valence electrons. The van der Waals surface area contributed by atoms with Gasteiger partial charge >= 0.3 is 5.97 Å². The Kier molecular flexibility index (Phi) is 7.81. The van der Waals surface area contributed by atoms with E-state index in [-0.39, 0.29) is 0 Å². The van der Waals surface area contributed by atoms with E-state index in [9.17, 15) is 19.8 Å². The number of hydrogen-bond acceptors (Lipinski definition) is 4. The molecule has 6 nitrogen and oxygen atoms in total. The lowest BCUT2D eigenvalue weighted by Gasteiger charge is -2.25. The Labute approximate surface area is 137 Å². The van der Waals surface area contributed by atoms with Crippen LogP contribution >= 0.6 is 0 Å². The summed E-state index contributed by atoms with van der Waals surface area (Å²) in [7, 11) is 0. The lowest BCUT2D eigenvalue weighted by molar-refractivity contribution is -0.141. The smallest absolute Gasteiger partial charge is 0.326 e. The molecule has 0 radical (unpaired) electrons. The highest BCUT2D eigenvalue weighted by Gasteiger charge is 2.22. The Balaban J connectivity index is 3.20. The second-order valence-electron chi connectivity index (χ2n) is 5.79. The number of carbonyl (C=O) groups is 1. The van der Waals surface area contributed by atoms with Gasteiger partial charge in [0, 0.05) is 18.3 Å². The van der Waals surface area contributed by atoms with Crippen molar-refractivity contribution >= 4 is 5.97 Å². The number of nitrogens with zero attached hydrogens (tertiary/aromatic N) is 2. The number of carboxylic acid groups (broad SMARTS) is 1.